The van der Waals surface area contributed by atoms with Crippen LogP contribution in [0, 0.1) is 0 Å². The summed E-state index contributed by atoms with van der Waals surface area (Å²) in [5.74, 6) is 0. The Kier molecular flexibility index (Phi) is 7.02. The molecule has 2 aromatic carbocycles. The zero-order valence-corrected chi connectivity index (χ0v) is 21.0. The predicted octanol–water partition coefficient (Wildman–Crippen LogP) is 5.90. The van der Waals surface area contributed by atoms with Gasteiger partial charge in [0.2, 0.25) is 0 Å². The second-order valence-corrected chi connectivity index (χ2v) is 9.68. The van der Waals surface area contributed by atoms with Crippen LogP contribution in [0.3, 0.4) is 0 Å². The highest BCUT2D eigenvalue weighted by molar-refractivity contribution is 6.17. The monoisotopic (exact) mass is 526 g/mol. The van der Waals surface area contributed by atoms with E-state index in [4.69, 9.17) is 0 Å². The van der Waals surface area contributed by atoms with Crippen LogP contribution in [-0.2, 0) is 6.18 Å². The number of carbonyl (C=O) groups is 2. The smallest absolute Gasteiger partial charge is 0.392 e. The first-order chi connectivity index (χ1) is 18.2. The van der Waals surface area contributed by atoms with Crippen molar-refractivity contribution in [3.63, 3.8) is 0 Å². The first-order valence-electron chi connectivity index (χ1n) is 12.7. The molecule has 3 aliphatic rings. The van der Waals surface area contributed by atoms with E-state index in [1.165, 1.54) is 15.9 Å². The number of hydrogen-bond donors (Lipinski definition) is 1. The molecule has 2 aromatic rings. The Balaban J connectivity index is 1.57. The minimum absolute atomic E-state index is 0.00560. The van der Waals surface area contributed by atoms with Crippen LogP contribution in [0.4, 0.5) is 39.8 Å². The van der Waals surface area contributed by atoms with Crippen LogP contribution in [0.2, 0.25) is 0 Å². The van der Waals surface area contributed by atoms with Gasteiger partial charge in [0.25, 0.3) is 0 Å². The van der Waals surface area contributed by atoms with E-state index < -0.39 is 23.8 Å². The first-order valence-corrected chi connectivity index (χ1v) is 12.7. The molecule has 0 unspecified atom stereocenters. The van der Waals surface area contributed by atoms with E-state index >= 15 is 0 Å². The summed E-state index contributed by atoms with van der Waals surface area (Å²) < 4.78 is 41.1. The molecule has 1 saturated heterocycles. The zero-order valence-electron chi connectivity index (χ0n) is 21.0. The fourth-order valence-electron chi connectivity index (χ4n) is 5.22. The van der Waals surface area contributed by atoms with Gasteiger partial charge in [-0.2, -0.15) is 13.2 Å². The van der Waals surface area contributed by atoms with Crippen molar-refractivity contribution >= 4 is 29.1 Å². The molecule has 0 aromatic heterocycles. The molecule has 1 fully saturated rings. The van der Waals surface area contributed by atoms with Crippen LogP contribution >= 0.6 is 0 Å². The number of aliphatic hydroxyl groups excluding tert-OH is 1. The third-order valence-electron chi connectivity index (χ3n) is 7.14. The van der Waals surface area contributed by atoms with Crippen molar-refractivity contribution < 1.29 is 27.9 Å². The SMILES string of the molecule is CCN1C(=O)N(C2=CC=C(CN3CC[C@@H](O)C3)CC2)C(=O)N(c2ccccc2)c2cc(C(F)(F)F)ccc21. The molecule has 38 heavy (non-hydrogen) atoms. The van der Waals surface area contributed by atoms with Crippen molar-refractivity contribution in [1.29, 1.82) is 0 Å². The Labute approximate surface area is 219 Å². The highest BCUT2D eigenvalue weighted by Crippen LogP contribution is 2.43. The normalized spacial score (nSPS) is 20.9. The van der Waals surface area contributed by atoms with E-state index in [0.717, 1.165) is 35.6 Å². The largest absolute Gasteiger partial charge is 0.416 e. The van der Waals surface area contributed by atoms with Gasteiger partial charge in [0, 0.05) is 31.9 Å². The molecule has 1 N–H and O–H groups in total. The first kappa shape index (κ1) is 26.0. The van der Waals surface area contributed by atoms with Crippen molar-refractivity contribution in [3.05, 3.63) is 77.5 Å². The molecule has 1 aliphatic carbocycles. The molecule has 4 amide bonds. The van der Waals surface area contributed by atoms with Gasteiger partial charge in [-0.15, -0.1) is 0 Å². The second kappa shape index (κ2) is 10.3. The molecule has 0 radical (unpaired) electrons. The summed E-state index contributed by atoms with van der Waals surface area (Å²) in [6, 6.07) is 10.2. The van der Waals surface area contributed by atoms with E-state index in [1.807, 2.05) is 6.08 Å². The highest BCUT2D eigenvalue weighted by Gasteiger charge is 2.41. The number of amides is 4. The molecule has 2 heterocycles. The van der Waals surface area contributed by atoms with Gasteiger partial charge in [0.1, 0.15) is 0 Å². The summed E-state index contributed by atoms with van der Waals surface area (Å²) in [6.07, 6.45) is 0.488. The number of imide groups is 1. The third kappa shape index (κ3) is 4.93. The van der Waals surface area contributed by atoms with Crippen LogP contribution in [-0.4, -0.2) is 59.3 Å². The number of urea groups is 2. The lowest BCUT2D eigenvalue weighted by molar-refractivity contribution is -0.137. The lowest BCUT2D eigenvalue weighted by Crippen LogP contribution is -2.47. The van der Waals surface area contributed by atoms with E-state index in [2.05, 4.69) is 4.90 Å². The molecule has 10 heteroatoms. The number of nitrogens with zero attached hydrogens (tertiary/aromatic N) is 4. The van der Waals surface area contributed by atoms with E-state index in [0.29, 0.717) is 37.3 Å². The summed E-state index contributed by atoms with van der Waals surface area (Å²) in [7, 11) is 0. The number of para-hydroxylation sites is 1. The molecule has 5 rings (SSSR count). The fraction of sp³-hybridized carbons (Fsp3) is 0.357. The molecule has 200 valence electrons. The third-order valence-corrected chi connectivity index (χ3v) is 7.14. The molecular weight excluding hydrogens is 497 g/mol. The van der Waals surface area contributed by atoms with Crippen molar-refractivity contribution in [1.82, 2.24) is 9.80 Å². The number of allylic oxidation sites excluding steroid dienone is 3. The zero-order chi connectivity index (χ0) is 27.0. The lowest BCUT2D eigenvalue weighted by atomic mass is 10.0. The Morgan fingerprint density at radius 3 is 2.32 bits per heavy atom. The molecule has 7 nitrogen and oxygen atoms in total. The highest BCUT2D eigenvalue weighted by atomic mass is 19.4. The number of anilines is 3. The number of halogens is 3. The average molecular weight is 527 g/mol. The number of fused-ring (bicyclic) bond motifs is 1. The van der Waals surface area contributed by atoms with E-state index in [9.17, 15) is 27.9 Å². The van der Waals surface area contributed by atoms with Gasteiger partial charge in [0.05, 0.1) is 28.7 Å². The molecule has 2 aliphatic heterocycles. The van der Waals surface area contributed by atoms with Gasteiger partial charge in [-0.3, -0.25) is 14.7 Å². The van der Waals surface area contributed by atoms with Crippen molar-refractivity contribution in [2.75, 3.05) is 36.0 Å². The van der Waals surface area contributed by atoms with Gasteiger partial charge >= 0.3 is 18.2 Å². The molecule has 0 spiro atoms. The fourth-order valence-corrected chi connectivity index (χ4v) is 5.22. The molecule has 0 bridgehead atoms. The summed E-state index contributed by atoms with van der Waals surface area (Å²) in [5, 5.41) is 9.80. The van der Waals surface area contributed by atoms with Gasteiger partial charge < -0.3 is 5.11 Å². The van der Waals surface area contributed by atoms with Crippen LogP contribution in [0.15, 0.2) is 72.0 Å². The Hall–Kier alpha value is -3.63. The van der Waals surface area contributed by atoms with Crippen LogP contribution in [0.1, 0.15) is 31.7 Å². The van der Waals surface area contributed by atoms with Crippen molar-refractivity contribution in [3.8, 4) is 0 Å². The number of rotatable bonds is 5. The summed E-state index contributed by atoms with van der Waals surface area (Å²) in [5.41, 5.74) is 1.28. The molecule has 0 saturated carbocycles. The lowest BCUT2D eigenvalue weighted by Gasteiger charge is -2.30. The maximum Gasteiger partial charge on any atom is 0.416 e. The summed E-state index contributed by atoms with van der Waals surface area (Å²) >= 11 is 0. The maximum absolute atomic E-state index is 14.1. The van der Waals surface area contributed by atoms with Gasteiger partial charge in [0.15, 0.2) is 0 Å². The van der Waals surface area contributed by atoms with Gasteiger partial charge in [-0.05, 0) is 62.6 Å². The number of β-amino-alcohol motifs (C(OH)–C–C–N with tert-alkyl or cyclic N) is 1. The van der Waals surface area contributed by atoms with E-state index in [1.54, 1.807) is 43.3 Å². The number of benzene rings is 2. The minimum Gasteiger partial charge on any atom is -0.392 e. The maximum atomic E-state index is 14.1. The number of alkyl halides is 3. The minimum atomic E-state index is -4.62. The van der Waals surface area contributed by atoms with Crippen LogP contribution < -0.4 is 9.80 Å². The Morgan fingerprint density at radius 2 is 1.71 bits per heavy atom. The van der Waals surface area contributed by atoms with Crippen LogP contribution in [0.25, 0.3) is 0 Å². The van der Waals surface area contributed by atoms with Gasteiger partial charge in [-0.25, -0.2) is 14.5 Å². The van der Waals surface area contributed by atoms with Crippen molar-refractivity contribution in [2.24, 2.45) is 0 Å². The van der Waals surface area contributed by atoms with Gasteiger partial charge in [-0.1, -0.05) is 29.8 Å². The van der Waals surface area contributed by atoms with E-state index in [-0.39, 0.29) is 24.0 Å². The summed E-state index contributed by atoms with van der Waals surface area (Å²) in [6.45, 7) is 4.01. The number of hydrogen-bond acceptors (Lipinski definition) is 4. The van der Waals surface area contributed by atoms with Crippen LogP contribution in [0.5, 0.6) is 0 Å². The molecular formula is C28H29F3N4O3. The molecule has 1 atom stereocenters. The standard InChI is InChI=1S/C28H29F3N4O3/c1-2-33-24-13-10-20(28(29,30)31)16-25(24)34(21-6-4-3-5-7-21)27(38)35(26(33)37)22-11-8-19(9-12-22)17-32-15-14-23(36)18-32/h3-8,10-11,13,16,23,36H,2,9,12,14-15,17-18H2,1H3/t23-/m1/s1. The predicted molar refractivity (Wildman–Crippen MR) is 138 cm³/mol. The Morgan fingerprint density at radius 1 is 0.947 bits per heavy atom. The number of aliphatic hydroxyl groups is 1. The second-order valence-electron chi connectivity index (χ2n) is 9.68. The Bertz CT molecular complexity index is 1290. The number of carbonyl (C=O) groups excluding carboxylic acids is 2. The number of likely N-dealkylation sites (tertiary alicyclic amines) is 1. The van der Waals surface area contributed by atoms with Crippen molar-refractivity contribution in [2.45, 2.75) is 38.5 Å². The summed E-state index contributed by atoms with van der Waals surface area (Å²) in [4.78, 5) is 33.6. The topological polar surface area (TPSA) is 67.3 Å². The average Bonchev–Trinajstić information content (AvgIpc) is 3.27. The quantitative estimate of drug-likeness (QED) is 0.527.